The highest BCUT2D eigenvalue weighted by atomic mass is 14.4. The Bertz CT molecular complexity index is 474. The van der Waals surface area contributed by atoms with Crippen LogP contribution in [-0.2, 0) is 5.41 Å². The first kappa shape index (κ1) is 13.5. The van der Waals surface area contributed by atoms with Crippen LogP contribution < -0.4 is 0 Å². The molecule has 0 aliphatic heterocycles. The predicted molar refractivity (Wildman–Crippen MR) is 77.5 cm³/mol. The third-order valence-corrected chi connectivity index (χ3v) is 3.49. The second-order valence-corrected chi connectivity index (χ2v) is 4.72. The molecule has 1 aliphatic rings. The summed E-state index contributed by atoms with van der Waals surface area (Å²) in [5.74, 6) is 0. The van der Waals surface area contributed by atoms with Gasteiger partial charge in [0.2, 0.25) is 0 Å². The van der Waals surface area contributed by atoms with Crippen LogP contribution in [0.2, 0.25) is 0 Å². The van der Waals surface area contributed by atoms with Gasteiger partial charge in [-0.3, -0.25) is 0 Å². The molecular formula is C17H22. The van der Waals surface area contributed by atoms with E-state index in [1.807, 2.05) is 0 Å². The lowest BCUT2D eigenvalue weighted by molar-refractivity contribution is 0.660. The molecule has 0 heterocycles. The van der Waals surface area contributed by atoms with Crippen molar-refractivity contribution < 1.29 is 0 Å². The second kappa shape index (κ2) is 4.37. The number of benzene rings is 2. The van der Waals surface area contributed by atoms with Crippen LogP contribution in [0.1, 0.15) is 39.8 Å². The molecule has 0 N–H and O–H groups in total. The molecule has 0 heteroatoms. The van der Waals surface area contributed by atoms with Gasteiger partial charge in [0.25, 0.3) is 0 Å². The van der Waals surface area contributed by atoms with Crippen molar-refractivity contribution in [3.8, 4) is 11.1 Å². The quantitative estimate of drug-likeness (QED) is 0.574. The van der Waals surface area contributed by atoms with Gasteiger partial charge in [0.05, 0.1) is 0 Å². The summed E-state index contributed by atoms with van der Waals surface area (Å²) in [7, 11) is 0. The van der Waals surface area contributed by atoms with Crippen LogP contribution in [0.4, 0.5) is 0 Å². The first-order valence-corrected chi connectivity index (χ1v) is 5.40. The van der Waals surface area contributed by atoms with E-state index in [1.54, 1.807) is 0 Å². The predicted octanol–water partition coefficient (Wildman–Crippen LogP) is 5.27. The lowest BCUT2D eigenvalue weighted by Crippen LogP contribution is -2.14. The van der Waals surface area contributed by atoms with E-state index >= 15 is 0 Å². The number of rotatable bonds is 0. The molecule has 1 aliphatic carbocycles. The van der Waals surface area contributed by atoms with Crippen molar-refractivity contribution in [2.75, 3.05) is 0 Å². The molecule has 0 unspecified atom stereocenters. The van der Waals surface area contributed by atoms with Crippen LogP contribution in [0, 0.1) is 0 Å². The Morgan fingerprint density at radius 2 is 1.00 bits per heavy atom. The number of hydrogen-bond acceptors (Lipinski definition) is 0. The fourth-order valence-electron chi connectivity index (χ4n) is 2.67. The van der Waals surface area contributed by atoms with Crippen molar-refractivity contribution >= 4 is 0 Å². The van der Waals surface area contributed by atoms with Crippen LogP contribution in [0.25, 0.3) is 11.1 Å². The smallest absolute Gasteiger partial charge is 0.0158 e. The minimum atomic E-state index is 0. The average molecular weight is 226 g/mol. The van der Waals surface area contributed by atoms with Gasteiger partial charge in [0, 0.05) is 5.41 Å². The summed E-state index contributed by atoms with van der Waals surface area (Å²) in [4.78, 5) is 0. The first-order valence-electron chi connectivity index (χ1n) is 5.40. The normalized spacial score (nSPS) is 14.0. The summed E-state index contributed by atoms with van der Waals surface area (Å²) in [6.07, 6.45) is 0. The molecular weight excluding hydrogens is 204 g/mol. The Morgan fingerprint density at radius 1 is 0.647 bits per heavy atom. The van der Waals surface area contributed by atoms with Gasteiger partial charge in [-0.2, -0.15) is 0 Å². The van der Waals surface area contributed by atoms with Gasteiger partial charge in [-0.15, -0.1) is 0 Å². The van der Waals surface area contributed by atoms with Crippen molar-refractivity contribution in [3.05, 3.63) is 59.7 Å². The zero-order chi connectivity index (χ0) is 10.5. The fraction of sp³-hybridized carbons (Fsp3) is 0.294. The van der Waals surface area contributed by atoms with Gasteiger partial charge in [0.15, 0.2) is 0 Å². The van der Waals surface area contributed by atoms with E-state index in [0.717, 1.165) is 0 Å². The minimum absolute atomic E-state index is 0. The second-order valence-electron chi connectivity index (χ2n) is 4.72. The fourth-order valence-corrected chi connectivity index (χ4v) is 2.67. The third kappa shape index (κ3) is 1.68. The van der Waals surface area contributed by atoms with E-state index in [-0.39, 0.29) is 20.3 Å². The van der Waals surface area contributed by atoms with Crippen molar-refractivity contribution in [2.24, 2.45) is 0 Å². The molecule has 0 radical (unpaired) electrons. The monoisotopic (exact) mass is 226 g/mol. The van der Waals surface area contributed by atoms with Crippen molar-refractivity contribution in [2.45, 2.75) is 34.1 Å². The summed E-state index contributed by atoms with van der Waals surface area (Å²) < 4.78 is 0. The molecule has 3 rings (SSSR count). The lowest BCUT2D eigenvalue weighted by atomic mass is 9.82. The van der Waals surface area contributed by atoms with Gasteiger partial charge < -0.3 is 0 Å². The molecule has 2 aromatic carbocycles. The van der Waals surface area contributed by atoms with E-state index in [0.29, 0.717) is 0 Å². The molecule has 0 amide bonds. The van der Waals surface area contributed by atoms with Crippen molar-refractivity contribution in [1.29, 1.82) is 0 Å². The van der Waals surface area contributed by atoms with Crippen molar-refractivity contribution in [1.82, 2.24) is 0 Å². The average Bonchev–Trinajstić information content (AvgIpc) is 2.51. The van der Waals surface area contributed by atoms with Gasteiger partial charge in [0.1, 0.15) is 0 Å². The summed E-state index contributed by atoms with van der Waals surface area (Å²) >= 11 is 0. The minimum Gasteiger partial charge on any atom is -0.0776 e. The zero-order valence-electron chi connectivity index (χ0n) is 9.12. The molecule has 90 valence electrons. The van der Waals surface area contributed by atoms with Gasteiger partial charge in [-0.25, -0.2) is 0 Å². The van der Waals surface area contributed by atoms with E-state index in [2.05, 4.69) is 62.4 Å². The van der Waals surface area contributed by atoms with Crippen LogP contribution >= 0.6 is 0 Å². The zero-order valence-corrected chi connectivity index (χ0v) is 9.12. The molecule has 0 saturated heterocycles. The standard InChI is InChI=1S/C15H14.2CH4/c1-15(2)13-9-5-3-7-11(13)12-8-4-6-10-14(12)15;;/h3-10H,1-2H3;2*1H4. The SMILES string of the molecule is C.C.CC1(C)c2ccccc2-c2ccccc21. The van der Waals surface area contributed by atoms with E-state index in [9.17, 15) is 0 Å². The molecule has 2 aromatic rings. The molecule has 0 nitrogen and oxygen atoms in total. The summed E-state index contributed by atoms with van der Waals surface area (Å²) in [6.45, 7) is 4.61. The van der Waals surface area contributed by atoms with E-state index in [4.69, 9.17) is 0 Å². The van der Waals surface area contributed by atoms with E-state index < -0.39 is 0 Å². The van der Waals surface area contributed by atoms with Gasteiger partial charge in [-0.1, -0.05) is 77.2 Å². The Balaban J connectivity index is 0.000000722. The summed E-state index contributed by atoms with van der Waals surface area (Å²) in [5, 5.41) is 0. The van der Waals surface area contributed by atoms with Crippen molar-refractivity contribution in [3.63, 3.8) is 0 Å². The highest BCUT2D eigenvalue weighted by Gasteiger charge is 2.34. The van der Waals surface area contributed by atoms with Crippen LogP contribution in [0.5, 0.6) is 0 Å². The Hall–Kier alpha value is -1.56. The number of hydrogen-bond donors (Lipinski definition) is 0. The third-order valence-electron chi connectivity index (χ3n) is 3.49. The van der Waals surface area contributed by atoms with Crippen LogP contribution in [0.15, 0.2) is 48.5 Å². The topological polar surface area (TPSA) is 0 Å². The van der Waals surface area contributed by atoms with Crippen LogP contribution in [0.3, 0.4) is 0 Å². The van der Waals surface area contributed by atoms with E-state index in [1.165, 1.54) is 22.3 Å². The van der Waals surface area contributed by atoms with Crippen LogP contribution in [-0.4, -0.2) is 0 Å². The molecule has 0 spiro atoms. The molecule has 0 saturated carbocycles. The Morgan fingerprint density at radius 3 is 1.41 bits per heavy atom. The molecule has 0 bridgehead atoms. The maximum Gasteiger partial charge on any atom is 0.0158 e. The maximum atomic E-state index is 2.30. The van der Waals surface area contributed by atoms with Gasteiger partial charge >= 0.3 is 0 Å². The molecule has 0 aromatic heterocycles. The molecule has 0 atom stereocenters. The first-order chi connectivity index (χ1) is 7.21. The summed E-state index contributed by atoms with van der Waals surface area (Å²) in [6, 6.07) is 17.4. The Kier molecular flexibility index (Phi) is 3.47. The molecule has 0 fully saturated rings. The Labute approximate surface area is 105 Å². The molecule has 17 heavy (non-hydrogen) atoms. The highest BCUT2D eigenvalue weighted by Crippen LogP contribution is 2.47. The number of fused-ring (bicyclic) bond motifs is 3. The largest absolute Gasteiger partial charge is 0.0776 e. The summed E-state index contributed by atoms with van der Waals surface area (Å²) in [5.41, 5.74) is 5.86. The lowest BCUT2D eigenvalue weighted by Gasteiger charge is -2.20. The highest BCUT2D eigenvalue weighted by molar-refractivity contribution is 5.80. The maximum absolute atomic E-state index is 2.30. The van der Waals surface area contributed by atoms with Gasteiger partial charge in [-0.05, 0) is 22.3 Å².